The zero-order chi connectivity index (χ0) is 13.0. The van der Waals surface area contributed by atoms with Crippen molar-refractivity contribution in [3.05, 3.63) is 11.1 Å². The number of nitrogens with one attached hydrogen (secondary N) is 1. The molecule has 0 radical (unpaired) electrons. The van der Waals surface area contributed by atoms with Crippen molar-refractivity contribution in [2.24, 2.45) is 0 Å². The predicted molar refractivity (Wildman–Crippen MR) is 68.5 cm³/mol. The number of nitrogens with zero attached hydrogens (tertiary/aromatic N) is 2. The number of amides is 1. The molecule has 0 spiro atoms. The van der Waals surface area contributed by atoms with Gasteiger partial charge in [-0.3, -0.25) is 9.69 Å². The molecule has 1 unspecified atom stereocenters. The van der Waals surface area contributed by atoms with Gasteiger partial charge in [0.2, 0.25) is 5.91 Å². The monoisotopic (exact) mass is 271 g/mol. The van der Waals surface area contributed by atoms with Gasteiger partial charge in [-0.05, 0) is 0 Å². The Bertz CT molecular complexity index is 410. The first kappa shape index (κ1) is 13.4. The van der Waals surface area contributed by atoms with Gasteiger partial charge in [0, 0.05) is 25.4 Å². The van der Waals surface area contributed by atoms with Gasteiger partial charge < -0.3 is 15.2 Å². The van der Waals surface area contributed by atoms with Crippen LogP contribution in [-0.2, 0) is 16.1 Å². The summed E-state index contributed by atoms with van der Waals surface area (Å²) in [6, 6.07) is 0.0321. The van der Waals surface area contributed by atoms with E-state index in [1.54, 1.807) is 0 Å². The van der Waals surface area contributed by atoms with Gasteiger partial charge in [0.25, 0.3) is 0 Å². The average Bonchev–Trinajstić information content (AvgIpc) is 2.76. The minimum atomic E-state index is -0.115. The number of aliphatic hydroxyl groups excluding tert-OH is 1. The number of carbonyl (C=O) groups excluding carboxylic acids is 1. The molecule has 0 saturated carbocycles. The third kappa shape index (κ3) is 3.49. The number of thiazole rings is 1. The normalized spacial score (nSPS) is 20.9. The van der Waals surface area contributed by atoms with Crippen molar-refractivity contribution in [1.82, 2.24) is 9.88 Å². The number of hydrogen-bond donors (Lipinski definition) is 2. The third-order valence-corrected chi connectivity index (χ3v) is 3.57. The Balaban J connectivity index is 1.95. The van der Waals surface area contributed by atoms with Gasteiger partial charge in [-0.15, -0.1) is 11.3 Å². The van der Waals surface area contributed by atoms with E-state index >= 15 is 0 Å². The van der Waals surface area contributed by atoms with Crippen LogP contribution >= 0.6 is 11.3 Å². The Morgan fingerprint density at radius 2 is 2.61 bits per heavy atom. The van der Waals surface area contributed by atoms with Gasteiger partial charge in [0.1, 0.15) is 0 Å². The lowest BCUT2D eigenvalue weighted by Gasteiger charge is -2.33. The standard InChI is InChI=1S/C11H17N3O3S/c1-8(16)12-11-13-9(7-18-11)4-14-2-3-17-6-10(14)5-15/h7,10,15H,2-6H2,1H3,(H,12,13,16). The molecule has 6 nitrogen and oxygen atoms in total. The van der Waals surface area contributed by atoms with Crippen molar-refractivity contribution in [3.8, 4) is 0 Å². The molecule has 2 rings (SSSR count). The highest BCUT2D eigenvalue weighted by Crippen LogP contribution is 2.18. The maximum absolute atomic E-state index is 10.9. The summed E-state index contributed by atoms with van der Waals surface area (Å²) >= 11 is 1.41. The summed E-state index contributed by atoms with van der Waals surface area (Å²) in [6.45, 7) is 4.24. The van der Waals surface area contributed by atoms with Crippen LogP contribution in [0.2, 0.25) is 0 Å². The first-order chi connectivity index (χ1) is 8.69. The van der Waals surface area contributed by atoms with E-state index in [1.165, 1.54) is 18.3 Å². The van der Waals surface area contributed by atoms with E-state index < -0.39 is 0 Å². The van der Waals surface area contributed by atoms with E-state index in [9.17, 15) is 9.90 Å². The lowest BCUT2D eigenvalue weighted by Crippen LogP contribution is -2.46. The van der Waals surface area contributed by atoms with Crippen molar-refractivity contribution >= 4 is 22.4 Å². The van der Waals surface area contributed by atoms with Crippen molar-refractivity contribution in [2.75, 3.05) is 31.7 Å². The molecule has 1 fully saturated rings. The fourth-order valence-corrected chi connectivity index (χ4v) is 2.61. The summed E-state index contributed by atoms with van der Waals surface area (Å²) in [7, 11) is 0. The number of ether oxygens (including phenoxy) is 1. The maximum atomic E-state index is 10.9. The summed E-state index contributed by atoms with van der Waals surface area (Å²) in [5.74, 6) is -0.115. The topological polar surface area (TPSA) is 74.7 Å². The summed E-state index contributed by atoms with van der Waals surface area (Å²) < 4.78 is 5.32. The molecular weight excluding hydrogens is 254 g/mol. The Hall–Kier alpha value is -1.02. The molecule has 1 aliphatic rings. The highest BCUT2D eigenvalue weighted by molar-refractivity contribution is 7.13. The summed E-state index contributed by atoms with van der Waals surface area (Å²) in [4.78, 5) is 17.4. The van der Waals surface area contributed by atoms with Crippen LogP contribution < -0.4 is 5.32 Å². The quantitative estimate of drug-likeness (QED) is 0.823. The Morgan fingerprint density at radius 3 is 3.33 bits per heavy atom. The maximum Gasteiger partial charge on any atom is 0.223 e. The molecule has 2 heterocycles. The molecule has 0 bridgehead atoms. The summed E-state index contributed by atoms with van der Waals surface area (Å²) in [5, 5.41) is 14.5. The molecule has 1 aliphatic heterocycles. The Morgan fingerprint density at radius 1 is 1.78 bits per heavy atom. The van der Waals surface area contributed by atoms with E-state index in [-0.39, 0.29) is 18.6 Å². The molecular formula is C11H17N3O3S. The lowest BCUT2D eigenvalue weighted by atomic mass is 10.2. The molecule has 1 amide bonds. The highest BCUT2D eigenvalue weighted by atomic mass is 32.1. The summed E-state index contributed by atoms with van der Waals surface area (Å²) in [6.07, 6.45) is 0. The van der Waals surface area contributed by atoms with Gasteiger partial charge in [-0.25, -0.2) is 4.98 Å². The molecule has 1 saturated heterocycles. The second-order valence-electron chi connectivity index (χ2n) is 4.21. The fraction of sp³-hybridized carbons (Fsp3) is 0.636. The van der Waals surface area contributed by atoms with Gasteiger partial charge >= 0.3 is 0 Å². The first-order valence-electron chi connectivity index (χ1n) is 5.83. The van der Waals surface area contributed by atoms with E-state index in [1.807, 2.05) is 5.38 Å². The summed E-state index contributed by atoms with van der Waals surface area (Å²) in [5.41, 5.74) is 0.907. The SMILES string of the molecule is CC(=O)Nc1nc(CN2CCOCC2CO)cs1. The molecule has 1 aromatic heterocycles. The van der Waals surface area contributed by atoms with Gasteiger partial charge in [-0.2, -0.15) is 0 Å². The van der Waals surface area contributed by atoms with Crippen LogP contribution in [0.1, 0.15) is 12.6 Å². The van der Waals surface area contributed by atoms with E-state index in [0.29, 0.717) is 24.9 Å². The van der Waals surface area contributed by atoms with Crippen molar-refractivity contribution in [1.29, 1.82) is 0 Å². The molecule has 0 aliphatic carbocycles. The van der Waals surface area contributed by atoms with Crippen LogP contribution in [0, 0.1) is 0 Å². The number of anilines is 1. The molecule has 0 aromatic carbocycles. The number of rotatable bonds is 4. The zero-order valence-corrected chi connectivity index (χ0v) is 11.1. The van der Waals surface area contributed by atoms with Crippen LogP contribution in [0.5, 0.6) is 0 Å². The minimum absolute atomic E-state index is 0.0321. The fourth-order valence-electron chi connectivity index (χ4n) is 1.86. The molecule has 1 aromatic rings. The number of hydrogen-bond acceptors (Lipinski definition) is 6. The van der Waals surface area contributed by atoms with Crippen LogP contribution in [0.4, 0.5) is 5.13 Å². The lowest BCUT2D eigenvalue weighted by molar-refractivity contribution is -0.114. The van der Waals surface area contributed by atoms with Crippen molar-refractivity contribution in [2.45, 2.75) is 19.5 Å². The second kappa shape index (κ2) is 6.24. The average molecular weight is 271 g/mol. The van der Waals surface area contributed by atoms with Gasteiger partial charge in [0.15, 0.2) is 5.13 Å². The van der Waals surface area contributed by atoms with Crippen molar-refractivity contribution in [3.63, 3.8) is 0 Å². The van der Waals surface area contributed by atoms with Gasteiger partial charge in [-0.1, -0.05) is 0 Å². The van der Waals surface area contributed by atoms with Crippen molar-refractivity contribution < 1.29 is 14.6 Å². The molecule has 2 N–H and O–H groups in total. The van der Waals surface area contributed by atoms with Gasteiger partial charge in [0.05, 0.1) is 31.6 Å². The van der Waals surface area contributed by atoms with E-state index in [2.05, 4.69) is 15.2 Å². The second-order valence-corrected chi connectivity index (χ2v) is 5.07. The number of aromatic nitrogens is 1. The molecule has 1 atom stereocenters. The van der Waals surface area contributed by atoms with Crippen LogP contribution in [0.3, 0.4) is 0 Å². The highest BCUT2D eigenvalue weighted by Gasteiger charge is 2.22. The minimum Gasteiger partial charge on any atom is -0.395 e. The third-order valence-electron chi connectivity index (χ3n) is 2.76. The smallest absolute Gasteiger partial charge is 0.223 e. The van der Waals surface area contributed by atoms with Crippen LogP contribution in [-0.4, -0.2) is 53.3 Å². The van der Waals surface area contributed by atoms with Crippen LogP contribution in [0.15, 0.2) is 5.38 Å². The van der Waals surface area contributed by atoms with E-state index in [4.69, 9.17) is 4.74 Å². The Kier molecular flexibility index (Phi) is 4.65. The van der Waals surface area contributed by atoms with E-state index in [0.717, 1.165) is 12.2 Å². The first-order valence-corrected chi connectivity index (χ1v) is 6.71. The zero-order valence-electron chi connectivity index (χ0n) is 10.3. The molecule has 7 heteroatoms. The number of morpholine rings is 1. The number of carbonyl (C=O) groups is 1. The van der Waals surface area contributed by atoms with Crippen LogP contribution in [0.25, 0.3) is 0 Å². The molecule has 100 valence electrons. The Labute approximate surface area is 110 Å². The largest absolute Gasteiger partial charge is 0.395 e. The predicted octanol–water partition coefficient (Wildman–Crippen LogP) is 0.295. The number of aliphatic hydroxyl groups is 1. The molecule has 18 heavy (non-hydrogen) atoms.